The molecule has 10 heteroatoms. The third kappa shape index (κ3) is 34.9. The lowest BCUT2D eigenvalue weighted by Gasteiger charge is -2.20. The monoisotopic (exact) mass is 706 g/mol. The SMILES string of the molecule is CCCCCCCCCCCCCCCC(=O)OCC(COC(=O)CCCCCCCCCCCCCCC)OP(=O)(O)OCCNC. The van der Waals surface area contributed by atoms with Crippen LogP contribution in [0, 0.1) is 0 Å². The van der Waals surface area contributed by atoms with Gasteiger partial charge in [0.1, 0.15) is 19.3 Å². The summed E-state index contributed by atoms with van der Waals surface area (Å²) >= 11 is 0. The largest absolute Gasteiger partial charge is 0.472 e. The smallest absolute Gasteiger partial charge is 0.463 e. The van der Waals surface area contributed by atoms with E-state index in [9.17, 15) is 19.0 Å². The number of phosphoric acid groups is 1. The molecule has 2 N–H and O–H groups in total. The molecule has 0 heterocycles. The molecular formula is C38H76NO8P. The highest BCUT2D eigenvalue weighted by molar-refractivity contribution is 7.47. The first-order valence-corrected chi connectivity index (χ1v) is 21.5. The van der Waals surface area contributed by atoms with E-state index in [-0.39, 0.29) is 32.7 Å². The van der Waals surface area contributed by atoms with Gasteiger partial charge in [0, 0.05) is 19.4 Å². The second-order valence-corrected chi connectivity index (χ2v) is 14.9. The summed E-state index contributed by atoms with van der Waals surface area (Å²) in [5.74, 6) is -0.789. The van der Waals surface area contributed by atoms with Crippen molar-refractivity contribution in [2.45, 2.75) is 200 Å². The van der Waals surface area contributed by atoms with Crippen LogP contribution in [0.3, 0.4) is 0 Å². The van der Waals surface area contributed by atoms with Crippen LogP contribution in [0.2, 0.25) is 0 Å². The van der Waals surface area contributed by atoms with Crippen molar-refractivity contribution in [1.29, 1.82) is 0 Å². The zero-order valence-corrected chi connectivity index (χ0v) is 32.4. The average molecular weight is 706 g/mol. The number of carbonyl (C=O) groups excluding carboxylic acids is 2. The maximum absolute atomic E-state index is 12.4. The first-order chi connectivity index (χ1) is 23.3. The fourth-order valence-electron chi connectivity index (χ4n) is 5.68. The van der Waals surface area contributed by atoms with E-state index in [0.29, 0.717) is 6.54 Å². The summed E-state index contributed by atoms with van der Waals surface area (Å²) in [7, 11) is -2.73. The molecule has 0 amide bonds. The molecule has 0 aromatic rings. The molecule has 1 atom stereocenters. The van der Waals surface area contributed by atoms with E-state index in [0.717, 1.165) is 38.5 Å². The molecule has 0 rings (SSSR count). The molecule has 0 aromatic carbocycles. The average Bonchev–Trinajstić information content (AvgIpc) is 3.06. The predicted octanol–water partition coefficient (Wildman–Crippen LogP) is 10.8. The van der Waals surface area contributed by atoms with Crippen molar-refractivity contribution >= 4 is 19.8 Å². The molecule has 0 spiro atoms. The maximum Gasteiger partial charge on any atom is 0.472 e. The lowest BCUT2D eigenvalue weighted by atomic mass is 10.0. The zero-order chi connectivity index (χ0) is 35.4. The van der Waals surface area contributed by atoms with Gasteiger partial charge < -0.3 is 19.7 Å². The minimum absolute atomic E-state index is 0.0331. The number of phosphoric ester groups is 1. The summed E-state index contributed by atoms with van der Waals surface area (Å²) in [6.45, 7) is 4.25. The summed E-state index contributed by atoms with van der Waals surface area (Å²) in [5.41, 5.74) is 0. The second kappa shape index (κ2) is 35.8. The van der Waals surface area contributed by atoms with E-state index < -0.39 is 25.9 Å². The van der Waals surface area contributed by atoms with E-state index in [1.807, 2.05) is 0 Å². The molecule has 0 aliphatic carbocycles. The normalized spacial score (nSPS) is 12.8. The van der Waals surface area contributed by atoms with Gasteiger partial charge >= 0.3 is 19.8 Å². The van der Waals surface area contributed by atoms with Crippen LogP contribution in [-0.2, 0) is 32.7 Å². The first kappa shape index (κ1) is 47.0. The Bertz CT molecular complexity index is 723. The van der Waals surface area contributed by atoms with Crippen LogP contribution in [0.25, 0.3) is 0 Å². The van der Waals surface area contributed by atoms with E-state index in [2.05, 4.69) is 19.2 Å². The van der Waals surface area contributed by atoms with Crippen molar-refractivity contribution in [2.75, 3.05) is 33.4 Å². The number of hydrogen-bond acceptors (Lipinski definition) is 8. The van der Waals surface area contributed by atoms with Crippen LogP contribution in [0.1, 0.15) is 194 Å². The molecule has 0 saturated carbocycles. The topological polar surface area (TPSA) is 120 Å². The van der Waals surface area contributed by atoms with Crippen LogP contribution < -0.4 is 5.32 Å². The summed E-state index contributed by atoms with van der Waals surface area (Å²) < 4.78 is 33.3. The quantitative estimate of drug-likeness (QED) is 0.0367. The highest BCUT2D eigenvalue weighted by Crippen LogP contribution is 2.44. The molecular weight excluding hydrogens is 629 g/mol. The van der Waals surface area contributed by atoms with E-state index in [1.54, 1.807) is 7.05 Å². The lowest BCUT2D eigenvalue weighted by molar-refractivity contribution is -0.152. The number of carbonyl (C=O) groups is 2. The van der Waals surface area contributed by atoms with Gasteiger partial charge in [-0.05, 0) is 19.9 Å². The second-order valence-electron chi connectivity index (χ2n) is 13.5. The summed E-state index contributed by atoms with van der Waals surface area (Å²) in [4.78, 5) is 34.8. The van der Waals surface area contributed by atoms with Crippen molar-refractivity contribution in [3.05, 3.63) is 0 Å². The molecule has 1 unspecified atom stereocenters. The van der Waals surface area contributed by atoms with Crippen LogP contribution in [0.4, 0.5) is 0 Å². The summed E-state index contributed by atoms with van der Waals surface area (Å²) in [5, 5.41) is 2.82. The van der Waals surface area contributed by atoms with Gasteiger partial charge in [-0.25, -0.2) is 4.57 Å². The number of ether oxygens (including phenoxy) is 2. The number of unbranched alkanes of at least 4 members (excludes halogenated alkanes) is 24. The Hall–Kier alpha value is -0.990. The molecule has 48 heavy (non-hydrogen) atoms. The molecule has 0 fully saturated rings. The van der Waals surface area contributed by atoms with Gasteiger partial charge in [0.2, 0.25) is 0 Å². The highest BCUT2D eigenvalue weighted by atomic mass is 31.2. The van der Waals surface area contributed by atoms with E-state index in [1.165, 1.54) is 128 Å². The van der Waals surface area contributed by atoms with Crippen LogP contribution >= 0.6 is 7.82 Å². The molecule has 0 aromatic heterocycles. The van der Waals surface area contributed by atoms with Crippen molar-refractivity contribution in [3.63, 3.8) is 0 Å². The summed E-state index contributed by atoms with van der Waals surface area (Å²) in [6, 6.07) is 0. The lowest BCUT2D eigenvalue weighted by Crippen LogP contribution is -2.28. The van der Waals surface area contributed by atoms with Gasteiger partial charge in [0.25, 0.3) is 0 Å². The minimum Gasteiger partial charge on any atom is -0.463 e. The van der Waals surface area contributed by atoms with E-state index >= 15 is 0 Å². The molecule has 0 bridgehead atoms. The Kier molecular flexibility index (Phi) is 35.1. The molecule has 0 aliphatic rings. The molecule has 9 nitrogen and oxygen atoms in total. The number of esters is 2. The summed E-state index contributed by atoms with van der Waals surface area (Å²) in [6.07, 6.45) is 31.3. The van der Waals surface area contributed by atoms with Crippen LogP contribution in [-0.4, -0.2) is 56.3 Å². The Morgan fingerprint density at radius 3 is 1.19 bits per heavy atom. The Morgan fingerprint density at radius 1 is 0.562 bits per heavy atom. The Balaban J connectivity index is 4.18. The minimum atomic E-state index is -4.42. The highest BCUT2D eigenvalue weighted by Gasteiger charge is 2.28. The molecule has 0 aliphatic heterocycles. The van der Waals surface area contributed by atoms with Gasteiger partial charge in [-0.1, -0.05) is 168 Å². The van der Waals surface area contributed by atoms with E-state index in [4.69, 9.17) is 18.5 Å². The number of rotatable bonds is 38. The van der Waals surface area contributed by atoms with Crippen molar-refractivity contribution in [3.8, 4) is 0 Å². The van der Waals surface area contributed by atoms with Gasteiger partial charge in [0.05, 0.1) is 6.61 Å². The fraction of sp³-hybridized carbons (Fsp3) is 0.947. The molecule has 286 valence electrons. The zero-order valence-electron chi connectivity index (χ0n) is 31.5. The number of hydrogen-bond donors (Lipinski definition) is 2. The third-order valence-electron chi connectivity index (χ3n) is 8.72. The number of nitrogens with one attached hydrogen (secondary N) is 1. The Morgan fingerprint density at radius 2 is 0.875 bits per heavy atom. The predicted molar refractivity (Wildman–Crippen MR) is 197 cm³/mol. The number of likely N-dealkylation sites (N-methyl/N-ethyl adjacent to an activating group) is 1. The van der Waals surface area contributed by atoms with Crippen LogP contribution in [0.15, 0.2) is 0 Å². The molecule has 0 saturated heterocycles. The third-order valence-corrected chi connectivity index (χ3v) is 9.79. The molecule has 0 radical (unpaired) electrons. The fourth-order valence-corrected chi connectivity index (χ4v) is 6.56. The Labute approximate surface area is 295 Å². The van der Waals surface area contributed by atoms with Gasteiger partial charge in [-0.2, -0.15) is 0 Å². The van der Waals surface area contributed by atoms with Gasteiger partial charge in [-0.15, -0.1) is 0 Å². The van der Waals surface area contributed by atoms with Crippen LogP contribution in [0.5, 0.6) is 0 Å². The van der Waals surface area contributed by atoms with Crippen molar-refractivity contribution < 1.29 is 37.6 Å². The standard InChI is InChI=1S/C38H76NO8P/c1-4-6-8-10-12-14-16-18-20-22-24-26-28-30-37(40)44-34-36(47-48(42,43)46-33-32-39-3)35-45-38(41)31-29-27-25-23-21-19-17-15-13-11-9-7-5-2/h36,39H,4-35H2,1-3H3,(H,42,43). The van der Waals surface area contributed by atoms with Crippen molar-refractivity contribution in [2.24, 2.45) is 0 Å². The maximum atomic E-state index is 12.4. The first-order valence-electron chi connectivity index (χ1n) is 20.0. The van der Waals surface area contributed by atoms with Crippen molar-refractivity contribution in [1.82, 2.24) is 5.32 Å². The van der Waals surface area contributed by atoms with Gasteiger partial charge in [-0.3, -0.25) is 18.6 Å². The van der Waals surface area contributed by atoms with Gasteiger partial charge in [0.15, 0.2) is 0 Å².